The highest BCUT2D eigenvalue weighted by Crippen LogP contribution is 2.21. The number of aromatic nitrogens is 1. The SMILES string of the molecule is CCNCc1cc(C(C)C)nc(N2CCCN(C)CC2)c1. The third-order valence-corrected chi connectivity index (χ3v) is 4.11. The molecule has 118 valence electrons. The molecule has 1 aromatic heterocycles. The molecule has 0 unspecified atom stereocenters. The van der Waals surface area contributed by atoms with Gasteiger partial charge in [-0.3, -0.25) is 0 Å². The lowest BCUT2D eigenvalue weighted by Crippen LogP contribution is -2.29. The average Bonchev–Trinajstić information content (AvgIpc) is 2.69. The zero-order valence-electron chi connectivity index (χ0n) is 14.0. The summed E-state index contributed by atoms with van der Waals surface area (Å²) in [7, 11) is 2.21. The van der Waals surface area contributed by atoms with Crippen LogP contribution in [-0.2, 0) is 6.54 Å². The van der Waals surface area contributed by atoms with Crippen LogP contribution in [0.25, 0.3) is 0 Å². The van der Waals surface area contributed by atoms with Crippen molar-refractivity contribution < 1.29 is 0 Å². The molecule has 4 nitrogen and oxygen atoms in total. The van der Waals surface area contributed by atoms with Crippen LogP contribution in [0, 0.1) is 0 Å². The summed E-state index contributed by atoms with van der Waals surface area (Å²) < 4.78 is 0. The van der Waals surface area contributed by atoms with Crippen molar-refractivity contribution in [1.29, 1.82) is 0 Å². The number of hydrogen-bond acceptors (Lipinski definition) is 4. The summed E-state index contributed by atoms with van der Waals surface area (Å²) in [4.78, 5) is 9.77. The van der Waals surface area contributed by atoms with Gasteiger partial charge in [0.05, 0.1) is 0 Å². The molecular formula is C17H30N4. The van der Waals surface area contributed by atoms with E-state index < -0.39 is 0 Å². The standard InChI is InChI=1S/C17H30N4/c1-5-18-13-15-11-16(14(2)3)19-17(12-15)21-8-6-7-20(4)9-10-21/h11-12,14,18H,5-10,13H2,1-4H3. The van der Waals surface area contributed by atoms with Crippen molar-refractivity contribution in [3.8, 4) is 0 Å². The van der Waals surface area contributed by atoms with E-state index in [9.17, 15) is 0 Å². The van der Waals surface area contributed by atoms with Gasteiger partial charge in [0.15, 0.2) is 0 Å². The van der Waals surface area contributed by atoms with Crippen LogP contribution < -0.4 is 10.2 Å². The Hall–Kier alpha value is -1.13. The maximum Gasteiger partial charge on any atom is 0.129 e. The fourth-order valence-corrected chi connectivity index (χ4v) is 2.70. The highest BCUT2D eigenvalue weighted by molar-refractivity contribution is 5.43. The Morgan fingerprint density at radius 3 is 2.71 bits per heavy atom. The van der Waals surface area contributed by atoms with Crippen LogP contribution in [0.4, 0.5) is 5.82 Å². The number of likely N-dealkylation sites (N-methyl/N-ethyl adjacent to an activating group) is 1. The molecule has 0 aromatic carbocycles. The first-order valence-corrected chi connectivity index (χ1v) is 8.25. The normalized spacial score (nSPS) is 17.3. The van der Waals surface area contributed by atoms with E-state index in [1.165, 1.54) is 24.2 Å². The van der Waals surface area contributed by atoms with E-state index in [0.717, 1.165) is 38.5 Å². The lowest BCUT2D eigenvalue weighted by Gasteiger charge is -2.23. The highest BCUT2D eigenvalue weighted by atomic mass is 15.2. The lowest BCUT2D eigenvalue weighted by molar-refractivity contribution is 0.360. The van der Waals surface area contributed by atoms with Gasteiger partial charge in [-0.2, -0.15) is 0 Å². The molecule has 1 fully saturated rings. The van der Waals surface area contributed by atoms with Gasteiger partial charge in [-0.05, 0) is 50.2 Å². The second-order valence-corrected chi connectivity index (χ2v) is 6.34. The van der Waals surface area contributed by atoms with Crippen molar-refractivity contribution in [1.82, 2.24) is 15.2 Å². The predicted octanol–water partition coefficient (Wildman–Crippen LogP) is 2.46. The van der Waals surface area contributed by atoms with Gasteiger partial charge in [0.2, 0.25) is 0 Å². The maximum absolute atomic E-state index is 4.91. The minimum Gasteiger partial charge on any atom is -0.355 e. The second kappa shape index (κ2) is 7.76. The minimum absolute atomic E-state index is 0.472. The lowest BCUT2D eigenvalue weighted by atomic mass is 10.1. The van der Waals surface area contributed by atoms with Crippen LogP contribution in [-0.4, -0.2) is 49.7 Å². The van der Waals surface area contributed by atoms with E-state index in [4.69, 9.17) is 4.98 Å². The molecule has 0 amide bonds. The molecule has 1 saturated heterocycles. The van der Waals surface area contributed by atoms with E-state index in [2.05, 4.69) is 55.1 Å². The smallest absolute Gasteiger partial charge is 0.129 e. The van der Waals surface area contributed by atoms with Gasteiger partial charge in [-0.1, -0.05) is 20.8 Å². The number of pyridine rings is 1. The Morgan fingerprint density at radius 1 is 1.19 bits per heavy atom. The summed E-state index contributed by atoms with van der Waals surface area (Å²) >= 11 is 0. The number of nitrogens with zero attached hydrogens (tertiary/aromatic N) is 3. The van der Waals surface area contributed by atoms with Crippen LogP contribution in [0.5, 0.6) is 0 Å². The van der Waals surface area contributed by atoms with E-state index in [1.54, 1.807) is 0 Å². The fourth-order valence-electron chi connectivity index (χ4n) is 2.70. The maximum atomic E-state index is 4.91. The molecule has 0 saturated carbocycles. The second-order valence-electron chi connectivity index (χ2n) is 6.34. The van der Waals surface area contributed by atoms with Crippen LogP contribution in [0.2, 0.25) is 0 Å². The summed E-state index contributed by atoms with van der Waals surface area (Å²) in [6.45, 7) is 13.0. The van der Waals surface area contributed by atoms with Crippen LogP contribution in [0.3, 0.4) is 0 Å². The Kier molecular flexibility index (Phi) is 6.00. The summed E-state index contributed by atoms with van der Waals surface area (Å²) in [5, 5.41) is 3.43. The Labute approximate surface area is 129 Å². The summed E-state index contributed by atoms with van der Waals surface area (Å²) in [6.07, 6.45) is 1.21. The van der Waals surface area contributed by atoms with E-state index >= 15 is 0 Å². The van der Waals surface area contributed by atoms with Crippen molar-refractivity contribution in [3.63, 3.8) is 0 Å². The number of rotatable bonds is 5. The van der Waals surface area contributed by atoms with E-state index in [-0.39, 0.29) is 0 Å². The quantitative estimate of drug-likeness (QED) is 0.902. The molecule has 1 aliphatic rings. The van der Waals surface area contributed by atoms with Gasteiger partial charge >= 0.3 is 0 Å². The first kappa shape index (κ1) is 16.2. The van der Waals surface area contributed by atoms with Crippen molar-refractivity contribution in [3.05, 3.63) is 23.4 Å². The van der Waals surface area contributed by atoms with Gasteiger partial charge < -0.3 is 15.1 Å². The molecule has 0 spiro atoms. The molecular weight excluding hydrogens is 260 g/mol. The van der Waals surface area contributed by atoms with Gasteiger partial charge in [0, 0.05) is 31.9 Å². The van der Waals surface area contributed by atoms with E-state index in [0.29, 0.717) is 5.92 Å². The summed E-state index contributed by atoms with van der Waals surface area (Å²) in [5.41, 5.74) is 2.56. The van der Waals surface area contributed by atoms with E-state index in [1.807, 2.05) is 0 Å². The molecule has 2 heterocycles. The van der Waals surface area contributed by atoms with Crippen molar-refractivity contribution in [2.45, 2.75) is 39.7 Å². The third-order valence-electron chi connectivity index (χ3n) is 4.11. The van der Waals surface area contributed by atoms with Crippen molar-refractivity contribution in [2.75, 3.05) is 44.7 Å². The van der Waals surface area contributed by atoms with Crippen molar-refractivity contribution in [2.24, 2.45) is 0 Å². The molecule has 0 bridgehead atoms. The molecule has 1 aliphatic heterocycles. The molecule has 4 heteroatoms. The Bertz CT molecular complexity index is 444. The monoisotopic (exact) mass is 290 g/mol. The molecule has 0 aliphatic carbocycles. The van der Waals surface area contributed by atoms with Crippen LogP contribution in [0.15, 0.2) is 12.1 Å². The molecule has 0 atom stereocenters. The van der Waals surface area contributed by atoms with Gasteiger partial charge in [-0.15, -0.1) is 0 Å². The predicted molar refractivity (Wildman–Crippen MR) is 90.0 cm³/mol. The largest absolute Gasteiger partial charge is 0.355 e. The molecule has 0 radical (unpaired) electrons. The van der Waals surface area contributed by atoms with Gasteiger partial charge in [0.1, 0.15) is 5.82 Å². The number of hydrogen-bond donors (Lipinski definition) is 1. The van der Waals surface area contributed by atoms with Crippen LogP contribution in [0.1, 0.15) is 44.4 Å². The molecule has 21 heavy (non-hydrogen) atoms. The molecule has 1 aromatic rings. The summed E-state index contributed by atoms with van der Waals surface area (Å²) in [5.74, 6) is 1.63. The molecule has 2 rings (SSSR count). The van der Waals surface area contributed by atoms with Crippen molar-refractivity contribution >= 4 is 5.82 Å². The van der Waals surface area contributed by atoms with Crippen LogP contribution >= 0.6 is 0 Å². The fraction of sp³-hybridized carbons (Fsp3) is 0.706. The highest BCUT2D eigenvalue weighted by Gasteiger charge is 2.15. The van der Waals surface area contributed by atoms with Gasteiger partial charge in [-0.25, -0.2) is 4.98 Å². The topological polar surface area (TPSA) is 31.4 Å². The average molecular weight is 290 g/mol. The third kappa shape index (κ3) is 4.68. The zero-order chi connectivity index (χ0) is 15.2. The first-order chi connectivity index (χ1) is 10.1. The number of nitrogens with one attached hydrogen (secondary N) is 1. The Balaban J connectivity index is 2.21. The minimum atomic E-state index is 0.472. The number of anilines is 1. The first-order valence-electron chi connectivity index (χ1n) is 8.25. The summed E-state index contributed by atoms with van der Waals surface area (Å²) in [6, 6.07) is 4.51. The Morgan fingerprint density at radius 2 is 2.00 bits per heavy atom. The zero-order valence-corrected chi connectivity index (χ0v) is 14.0. The van der Waals surface area contributed by atoms with Gasteiger partial charge in [0.25, 0.3) is 0 Å². The molecule has 1 N–H and O–H groups in total.